The molecular formula is C18H18B3N3O6. The van der Waals surface area contributed by atoms with Crippen molar-refractivity contribution >= 4 is 73.3 Å². The van der Waals surface area contributed by atoms with Gasteiger partial charge in [-0.1, -0.05) is 0 Å². The standard InChI is InChI=1S/C18H18B3N3O6/c19-22-16-10(28-25)4-1-7-13(16)8-3-6-12(30-27)18(24-21)15(8)9-2-5-11(29-26)17(23-20)14(7)9/h1-6,22-27H,19-21H2. The summed E-state index contributed by atoms with van der Waals surface area (Å²) in [6, 6.07) is 10.4. The van der Waals surface area contributed by atoms with E-state index in [2.05, 4.69) is 30.3 Å². The lowest BCUT2D eigenvalue weighted by Crippen LogP contribution is -2.02. The first-order valence-electron chi connectivity index (χ1n) is 9.14. The molecule has 12 heteroatoms. The van der Waals surface area contributed by atoms with Crippen LogP contribution in [0.3, 0.4) is 0 Å². The fourth-order valence-corrected chi connectivity index (χ4v) is 4.19. The van der Waals surface area contributed by atoms with Gasteiger partial charge in [-0.2, -0.15) is 0 Å². The largest absolute Gasteiger partial charge is 0.431 e. The summed E-state index contributed by atoms with van der Waals surface area (Å²) in [5, 5.41) is 42.2. The van der Waals surface area contributed by atoms with E-state index in [0.717, 1.165) is 32.3 Å². The quantitative estimate of drug-likeness (QED) is 0.123. The first-order valence-corrected chi connectivity index (χ1v) is 9.14. The van der Waals surface area contributed by atoms with Crippen molar-refractivity contribution in [3.05, 3.63) is 36.4 Å². The van der Waals surface area contributed by atoms with E-state index in [1.165, 1.54) is 0 Å². The van der Waals surface area contributed by atoms with Crippen LogP contribution in [-0.2, 0) is 0 Å². The molecule has 0 atom stereocenters. The van der Waals surface area contributed by atoms with Crippen molar-refractivity contribution in [1.29, 1.82) is 0 Å². The summed E-state index contributed by atoms with van der Waals surface area (Å²) in [5.41, 5.74) is 1.71. The minimum atomic E-state index is 0.250. The van der Waals surface area contributed by atoms with Gasteiger partial charge >= 0.3 is 0 Å². The van der Waals surface area contributed by atoms with Gasteiger partial charge in [0.1, 0.15) is 0 Å². The molecule has 0 amide bonds. The Labute approximate surface area is 173 Å². The molecular weight excluding hydrogens is 387 g/mol. The third-order valence-electron chi connectivity index (χ3n) is 5.35. The van der Waals surface area contributed by atoms with Gasteiger partial charge in [-0.3, -0.25) is 0 Å². The van der Waals surface area contributed by atoms with Crippen LogP contribution in [0.15, 0.2) is 36.4 Å². The molecule has 4 rings (SSSR count). The maximum Gasteiger partial charge on any atom is 0.214 e. The van der Waals surface area contributed by atoms with Crippen LogP contribution < -0.4 is 30.3 Å². The highest BCUT2D eigenvalue weighted by Gasteiger charge is 2.22. The zero-order valence-electron chi connectivity index (χ0n) is 16.5. The molecule has 6 N–H and O–H groups in total. The number of fused-ring (bicyclic) bond motifs is 6. The van der Waals surface area contributed by atoms with Crippen LogP contribution in [-0.4, -0.2) is 39.7 Å². The highest BCUT2D eigenvalue weighted by molar-refractivity contribution is 6.38. The van der Waals surface area contributed by atoms with Gasteiger partial charge in [-0.25, -0.2) is 15.8 Å². The third-order valence-corrected chi connectivity index (χ3v) is 5.35. The molecule has 0 aromatic heterocycles. The van der Waals surface area contributed by atoms with Gasteiger partial charge in [0.05, 0.1) is 17.1 Å². The van der Waals surface area contributed by atoms with Crippen molar-refractivity contribution in [2.75, 3.05) is 15.7 Å². The summed E-state index contributed by atoms with van der Waals surface area (Å²) < 4.78 is 0. The van der Waals surface area contributed by atoms with E-state index < -0.39 is 0 Å². The molecule has 0 fully saturated rings. The highest BCUT2D eigenvalue weighted by Crippen LogP contribution is 2.49. The van der Waals surface area contributed by atoms with E-state index >= 15 is 0 Å². The molecule has 150 valence electrons. The molecule has 30 heavy (non-hydrogen) atoms. The third kappa shape index (κ3) is 2.66. The predicted molar refractivity (Wildman–Crippen MR) is 125 cm³/mol. The van der Waals surface area contributed by atoms with Crippen LogP contribution in [0.5, 0.6) is 17.2 Å². The number of anilines is 3. The van der Waals surface area contributed by atoms with Crippen molar-refractivity contribution in [1.82, 2.24) is 0 Å². The SMILES string of the molecule is BNc1c(OO)ccc2c1c1ccc(OO)c(NB)c1c1ccc(OO)c(NB)c21. The molecule has 0 saturated heterocycles. The summed E-state index contributed by atoms with van der Waals surface area (Å²) in [6.07, 6.45) is 0. The van der Waals surface area contributed by atoms with Crippen molar-refractivity contribution in [2.45, 2.75) is 0 Å². The molecule has 0 aliphatic rings. The molecule has 4 aromatic rings. The minimum Gasteiger partial charge on any atom is -0.431 e. The zero-order valence-corrected chi connectivity index (χ0v) is 16.5. The Morgan fingerprint density at radius 1 is 0.500 bits per heavy atom. The smallest absolute Gasteiger partial charge is 0.214 e. The van der Waals surface area contributed by atoms with Crippen molar-refractivity contribution in [2.24, 2.45) is 0 Å². The Hall–Kier alpha value is -3.47. The van der Waals surface area contributed by atoms with Gasteiger partial charge in [0.25, 0.3) is 0 Å². The van der Waals surface area contributed by atoms with Crippen LogP contribution in [0.1, 0.15) is 0 Å². The van der Waals surface area contributed by atoms with Gasteiger partial charge in [-0.05, 0) is 52.6 Å². The van der Waals surface area contributed by atoms with Crippen molar-refractivity contribution in [3.63, 3.8) is 0 Å². The molecule has 0 bridgehead atoms. The molecule has 0 heterocycles. The number of hydrogen-bond acceptors (Lipinski definition) is 9. The molecule has 0 radical (unpaired) electrons. The van der Waals surface area contributed by atoms with Gasteiger partial charge in [0.2, 0.25) is 23.9 Å². The number of rotatable bonds is 6. The van der Waals surface area contributed by atoms with Crippen LogP contribution >= 0.6 is 0 Å². The lowest BCUT2D eigenvalue weighted by atomic mass is 9.90. The second-order valence-corrected chi connectivity index (χ2v) is 6.61. The van der Waals surface area contributed by atoms with E-state index in [1.54, 1.807) is 42.1 Å². The summed E-state index contributed by atoms with van der Waals surface area (Å²) in [7, 11) is 5.18. The molecule has 0 spiro atoms. The molecule has 4 aromatic carbocycles. The zero-order chi connectivity index (χ0) is 21.4. The van der Waals surface area contributed by atoms with E-state index in [0.29, 0.717) is 17.1 Å². The molecule has 0 saturated carbocycles. The molecule has 0 unspecified atom stereocenters. The Balaban J connectivity index is 2.42. The van der Waals surface area contributed by atoms with Gasteiger partial charge in [0.15, 0.2) is 17.2 Å². The van der Waals surface area contributed by atoms with Crippen LogP contribution in [0.25, 0.3) is 32.3 Å². The first kappa shape index (κ1) is 19.8. The number of benzene rings is 4. The maximum atomic E-state index is 9.39. The summed E-state index contributed by atoms with van der Waals surface area (Å²) in [5.74, 6) is 0.749. The van der Waals surface area contributed by atoms with Gasteiger partial charge in [-0.15, -0.1) is 0 Å². The van der Waals surface area contributed by atoms with E-state index in [4.69, 9.17) is 0 Å². The van der Waals surface area contributed by atoms with Crippen LogP contribution in [0, 0.1) is 0 Å². The van der Waals surface area contributed by atoms with Gasteiger partial charge < -0.3 is 30.3 Å². The predicted octanol–water partition coefficient (Wildman–Crippen LogP) is 1.58. The second kappa shape index (κ2) is 7.75. The maximum absolute atomic E-state index is 9.39. The average molecular weight is 405 g/mol. The summed E-state index contributed by atoms with van der Waals surface area (Å²) >= 11 is 0. The Bertz CT molecular complexity index is 1100. The Morgan fingerprint density at radius 3 is 0.967 bits per heavy atom. The summed E-state index contributed by atoms with van der Waals surface area (Å²) in [6.45, 7) is 0. The number of hydrogen-bond donors (Lipinski definition) is 6. The van der Waals surface area contributed by atoms with E-state index in [1.807, 2.05) is 18.2 Å². The monoisotopic (exact) mass is 405 g/mol. The normalized spacial score (nSPS) is 10.9. The fraction of sp³-hybridized carbons (Fsp3) is 0. The van der Waals surface area contributed by atoms with Gasteiger partial charge in [0, 0.05) is 16.2 Å². The highest BCUT2D eigenvalue weighted by atomic mass is 17.1. The second-order valence-electron chi connectivity index (χ2n) is 6.61. The topological polar surface area (TPSA) is 124 Å². The van der Waals surface area contributed by atoms with Crippen LogP contribution in [0.4, 0.5) is 17.1 Å². The lowest BCUT2D eigenvalue weighted by molar-refractivity contribution is -0.136. The fourth-order valence-electron chi connectivity index (χ4n) is 4.19. The number of nitrogens with one attached hydrogen (secondary N) is 3. The summed E-state index contributed by atoms with van der Waals surface area (Å²) in [4.78, 5) is 13.8. The van der Waals surface area contributed by atoms with Crippen LogP contribution in [0.2, 0.25) is 0 Å². The Morgan fingerprint density at radius 2 is 0.767 bits per heavy atom. The first-order chi connectivity index (χ1) is 14.6. The lowest BCUT2D eigenvalue weighted by Gasteiger charge is -2.21. The average Bonchev–Trinajstić information content (AvgIpc) is 2.80. The van der Waals surface area contributed by atoms with Crippen molar-refractivity contribution < 1.29 is 30.4 Å². The Kier molecular flexibility index (Phi) is 5.12. The van der Waals surface area contributed by atoms with E-state index in [-0.39, 0.29) is 17.2 Å². The minimum absolute atomic E-state index is 0.250. The molecule has 0 aliphatic carbocycles. The van der Waals surface area contributed by atoms with Crippen molar-refractivity contribution in [3.8, 4) is 17.2 Å². The van der Waals surface area contributed by atoms with E-state index in [9.17, 15) is 15.8 Å². The molecule has 0 aliphatic heterocycles. The molecule has 9 nitrogen and oxygen atoms in total.